The fourth-order valence-electron chi connectivity index (χ4n) is 5.50. The van der Waals surface area contributed by atoms with Crippen molar-refractivity contribution in [1.29, 1.82) is 0 Å². The minimum atomic E-state index is -1.13. The lowest BCUT2D eigenvalue weighted by Crippen LogP contribution is -2.63. The number of hydrogen-bond acceptors (Lipinski definition) is 8. The number of Topliss-reactive ketones (excluding diaryl/α,β-unsaturated/α-hetero) is 1. The molecule has 0 bridgehead atoms. The molecule has 4 aromatic carbocycles. The van der Waals surface area contributed by atoms with Gasteiger partial charge in [-0.1, -0.05) is 121 Å². The largest absolute Gasteiger partial charge is 0.466 e. The summed E-state index contributed by atoms with van der Waals surface area (Å²) in [4.78, 5) is 26.3. The monoisotopic (exact) mass is 638 g/mol. The van der Waals surface area contributed by atoms with Crippen molar-refractivity contribution in [3.05, 3.63) is 144 Å². The topological polar surface area (TPSA) is 89.5 Å². The van der Waals surface area contributed by atoms with Gasteiger partial charge in [-0.2, -0.15) is 0 Å². The van der Waals surface area contributed by atoms with E-state index in [1.807, 2.05) is 121 Å². The molecule has 246 valence electrons. The molecule has 1 saturated heterocycles. The first-order valence-corrected chi connectivity index (χ1v) is 16.0. The maximum atomic E-state index is 13.8. The molecule has 8 heteroatoms. The second kappa shape index (κ2) is 18.2. The molecule has 4 aromatic rings. The lowest BCUT2D eigenvalue weighted by Gasteiger charge is -2.45. The summed E-state index contributed by atoms with van der Waals surface area (Å²) in [6, 6.07) is 39.1. The molecule has 0 spiro atoms. The molecule has 0 amide bonds. The number of benzene rings is 4. The summed E-state index contributed by atoms with van der Waals surface area (Å²) in [7, 11) is 0. The van der Waals surface area contributed by atoms with E-state index in [1.165, 1.54) is 0 Å². The van der Waals surface area contributed by atoms with Gasteiger partial charge >= 0.3 is 5.97 Å². The molecule has 1 heterocycles. The number of carbonyl (C=O) groups is 2. The number of rotatable bonds is 17. The van der Waals surface area contributed by atoms with Crippen LogP contribution in [0.25, 0.3) is 0 Å². The van der Waals surface area contributed by atoms with E-state index in [-0.39, 0.29) is 33.0 Å². The van der Waals surface area contributed by atoms with Crippen molar-refractivity contribution < 1.29 is 38.0 Å². The minimum absolute atomic E-state index is 0.119. The van der Waals surface area contributed by atoms with Crippen molar-refractivity contribution in [1.82, 2.24) is 0 Å². The molecular formula is C39H42O8. The van der Waals surface area contributed by atoms with Crippen LogP contribution in [-0.4, -0.2) is 55.5 Å². The Morgan fingerprint density at radius 3 is 1.47 bits per heavy atom. The molecule has 47 heavy (non-hydrogen) atoms. The molecule has 0 N–H and O–H groups in total. The van der Waals surface area contributed by atoms with Gasteiger partial charge in [0.15, 0.2) is 5.78 Å². The summed E-state index contributed by atoms with van der Waals surface area (Å²) < 4.78 is 37.6. The number of esters is 1. The zero-order chi connectivity index (χ0) is 32.7. The smallest absolute Gasteiger partial charge is 0.313 e. The van der Waals surface area contributed by atoms with Crippen LogP contribution in [0.5, 0.6) is 0 Å². The molecule has 1 aliphatic rings. The van der Waals surface area contributed by atoms with Gasteiger partial charge in [0.2, 0.25) is 0 Å². The quantitative estimate of drug-likeness (QED) is 0.0991. The zero-order valence-electron chi connectivity index (χ0n) is 26.6. The highest BCUT2D eigenvalue weighted by Crippen LogP contribution is 2.32. The molecular weight excluding hydrogens is 596 g/mol. The Bertz CT molecular complexity index is 1480. The third-order valence-corrected chi connectivity index (χ3v) is 7.82. The van der Waals surface area contributed by atoms with Gasteiger partial charge < -0.3 is 28.4 Å². The summed E-state index contributed by atoms with van der Waals surface area (Å²) >= 11 is 0. The zero-order valence-corrected chi connectivity index (χ0v) is 26.6. The minimum Gasteiger partial charge on any atom is -0.466 e. The Labute approximate surface area is 276 Å². The summed E-state index contributed by atoms with van der Waals surface area (Å²) in [6.07, 6.45) is -4.63. The van der Waals surface area contributed by atoms with E-state index in [0.717, 1.165) is 22.3 Å². The average Bonchev–Trinajstić information content (AvgIpc) is 3.11. The van der Waals surface area contributed by atoms with Crippen molar-refractivity contribution in [2.45, 2.75) is 70.3 Å². The highest BCUT2D eigenvalue weighted by Gasteiger charge is 2.51. The van der Waals surface area contributed by atoms with E-state index in [4.69, 9.17) is 28.4 Å². The predicted octanol–water partition coefficient (Wildman–Crippen LogP) is 6.25. The molecule has 0 radical (unpaired) electrons. The summed E-state index contributed by atoms with van der Waals surface area (Å²) in [5, 5.41) is 0. The Morgan fingerprint density at radius 1 is 0.574 bits per heavy atom. The third kappa shape index (κ3) is 10.4. The van der Waals surface area contributed by atoms with Crippen LogP contribution in [-0.2, 0) is 64.4 Å². The van der Waals surface area contributed by atoms with Crippen molar-refractivity contribution >= 4 is 11.8 Å². The first kappa shape index (κ1) is 34.2. The van der Waals surface area contributed by atoms with Gasteiger partial charge in [0.25, 0.3) is 0 Å². The molecule has 0 aromatic heterocycles. The van der Waals surface area contributed by atoms with Crippen LogP contribution < -0.4 is 0 Å². The van der Waals surface area contributed by atoms with Crippen LogP contribution in [0.15, 0.2) is 121 Å². The van der Waals surface area contributed by atoms with Gasteiger partial charge in [0.1, 0.15) is 36.9 Å². The summed E-state index contributed by atoms with van der Waals surface area (Å²) in [5.41, 5.74) is 3.84. The van der Waals surface area contributed by atoms with Crippen molar-refractivity contribution in [3.63, 3.8) is 0 Å². The predicted molar refractivity (Wildman–Crippen MR) is 176 cm³/mol. The molecule has 5 rings (SSSR count). The second-order valence-corrected chi connectivity index (χ2v) is 11.3. The van der Waals surface area contributed by atoms with Gasteiger partial charge in [-0.05, 0) is 29.2 Å². The van der Waals surface area contributed by atoms with Crippen LogP contribution in [0.3, 0.4) is 0 Å². The average molecular weight is 639 g/mol. The van der Waals surface area contributed by atoms with Crippen LogP contribution >= 0.6 is 0 Å². The lowest BCUT2D eigenvalue weighted by molar-refractivity contribution is -0.267. The Balaban J connectivity index is 1.47. The molecule has 1 fully saturated rings. The van der Waals surface area contributed by atoms with E-state index in [1.54, 1.807) is 6.92 Å². The van der Waals surface area contributed by atoms with Gasteiger partial charge in [-0.25, -0.2) is 0 Å². The number of carbonyl (C=O) groups excluding carboxylic acids is 2. The maximum Gasteiger partial charge on any atom is 0.313 e. The highest BCUT2D eigenvalue weighted by atomic mass is 16.6. The van der Waals surface area contributed by atoms with Crippen LogP contribution in [0.4, 0.5) is 0 Å². The van der Waals surface area contributed by atoms with E-state index < -0.39 is 48.7 Å². The summed E-state index contributed by atoms with van der Waals surface area (Å²) in [6.45, 7) is 3.06. The Morgan fingerprint density at radius 2 is 1.00 bits per heavy atom. The first-order valence-electron chi connectivity index (χ1n) is 16.0. The molecule has 1 aliphatic heterocycles. The van der Waals surface area contributed by atoms with Gasteiger partial charge in [-0.3, -0.25) is 9.59 Å². The number of hydrogen-bond donors (Lipinski definition) is 0. The second-order valence-electron chi connectivity index (χ2n) is 11.3. The van der Waals surface area contributed by atoms with Crippen LogP contribution in [0.2, 0.25) is 0 Å². The fraction of sp³-hybridized carbons (Fsp3) is 0.333. The van der Waals surface area contributed by atoms with Gasteiger partial charge in [-0.15, -0.1) is 0 Å². The fourth-order valence-corrected chi connectivity index (χ4v) is 5.50. The first-order chi connectivity index (χ1) is 23.1. The molecule has 0 aliphatic carbocycles. The van der Waals surface area contributed by atoms with Crippen LogP contribution in [0.1, 0.15) is 35.6 Å². The number of ketones is 1. The van der Waals surface area contributed by atoms with Crippen molar-refractivity contribution in [2.24, 2.45) is 0 Å². The third-order valence-electron chi connectivity index (χ3n) is 7.82. The van der Waals surface area contributed by atoms with E-state index in [0.29, 0.717) is 6.61 Å². The standard InChI is InChI=1S/C39H42O8/c1-2-43-35(41)23-33(40)36-38(45-26-31-19-11-5-12-20-31)39(46-27-32-21-13-6-14-22-32)37(44-25-30-17-9-4-10-18-30)34(47-36)28-42-24-29-15-7-3-8-16-29/h3-22,34,36-39H,2,23-28H2,1H3/t34?,36-,37-,38?,39?/m0/s1. The van der Waals surface area contributed by atoms with Crippen molar-refractivity contribution in [2.75, 3.05) is 13.2 Å². The Hall–Kier alpha value is -4.18. The SMILES string of the molecule is CCOC(=O)CC(=O)[C@@H]1OC(COCc2ccccc2)[C@H](OCc2ccccc2)C(OCc2ccccc2)C1OCc1ccccc1. The summed E-state index contributed by atoms with van der Waals surface area (Å²) in [5.74, 6) is -1.08. The lowest BCUT2D eigenvalue weighted by atomic mass is 9.91. The normalized spacial score (nSPS) is 20.8. The van der Waals surface area contributed by atoms with Gasteiger partial charge in [0.05, 0.1) is 39.6 Å². The Kier molecular flexibility index (Phi) is 13.3. The van der Waals surface area contributed by atoms with E-state index in [9.17, 15) is 9.59 Å². The molecule has 8 nitrogen and oxygen atoms in total. The molecule has 3 unspecified atom stereocenters. The molecule has 0 saturated carbocycles. The van der Waals surface area contributed by atoms with Gasteiger partial charge in [0, 0.05) is 0 Å². The van der Waals surface area contributed by atoms with Crippen LogP contribution in [0, 0.1) is 0 Å². The van der Waals surface area contributed by atoms with E-state index >= 15 is 0 Å². The van der Waals surface area contributed by atoms with E-state index in [2.05, 4.69) is 0 Å². The molecule has 5 atom stereocenters. The number of ether oxygens (including phenoxy) is 6. The maximum absolute atomic E-state index is 13.8. The highest BCUT2D eigenvalue weighted by molar-refractivity contribution is 5.98. The van der Waals surface area contributed by atoms with Crippen molar-refractivity contribution in [3.8, 4) is 0 Å².